The second-order valence-electron chi connectivity index (χ2n) is 6.87. The molecule has 1 aliphatic rings. The zero-order valence-electron chi connectivity index (χ0n) is 14.6. The third-order valence-electron chi connectivity index (χ3n) is 4.22. The van der Waals surface area contributed by atoms with E-state index in [1.54, 1.807) is 6.07 Å². The standard InChI is InChI=1S/C18H27N3O3/c1-12-8-13(2)11-21(10-12)7-6-19-18(24)16-9-15(20-14(3)22)4-5-17(16)23/h4-5,9,12-13,23H,6-8,10-11H2,1-3H3,(H,19,24)(H,20,22)/t12-,13-/m0/s1. The van der Waals surface area contributed by atoms with Crippen molar-refractivity contribution in [3.63, 3.8) is 0 Å². The molecule has 0 bridgehead atoms. The van der Waals surface area contributed by atoms with E-state index in [0.717, 1.165) is 19.6 Å². The molecule has 132 valence electrons. The van der Waals surface area contributed by atoms with Crippen LogP contribution in [0.25, 0.3) is 0 Å². The molecule has 24 heavy (non-hydrogen) atoms. The number of anilines is 1. The fourth-order valence-electron chi connectivity index (χ4n) is 3.40. The number of nitrogens with one attached hydrogen (secondary N) is 2. The van der Waals surface area contributed by atoms with Gasteiger partial charge in [0.2, 0.25) is 5.91 Å². The molecule has 1 aromatic rings. The second kappa shape index (κ2) is 8.15. The van der Waals surface area contributed by atoms with Gasteiger partial charge in [0.25, 0.3) is 5.91 Å². The van der Waals surface area contributed by atoms with Crippen molar-refractivity contribution in [3.8, 4) is 5.75 Å². The molecular formula is C18H27N3O3. The lowest BCUT2D eigenvalue weighted by Crippen LogP contribution is -2.42. The highest BCUT2D eigenvalue weighted by atomic mass is 16.3. The van der Waals surface area contributed by atoms with Crippen LogP contribution >= 0.6 is 0 Å². The first kappa shape index (κ1) is 18.3. The molecule has 2 atom stereocenters. The maximum Gasteiger partial charge on any atom is 0.255 e. The van der Waals surface area contributed by atoms with Crippen LogP contribution in [0.5, 0.6) is 5.75 Å². The number of carbonyl (C=O) groups excluding carboxylic acids is 2. The Balaban J connectivity index is 1.89. The van der Waals surface area contributed by atoms with Crippen LogP contribution < -0.4 is 10.6 Å². The summed E-state index contributed by atoms with van der Waals surface area (Å²) < 4.78 is 0. The van der Waals surface area contributed by atoms with Crippen molar-refractivity contribution in [2.45, 2.75) is 27.2 Å². The highest BCUT2D eigenvalue weighted by Crippen LogP contribution is 2.22. The van der Waals surface area contributed by atoms with Gasteiger partial charge < -0.3 is 20.6 Å². The van der Waals surface area contributed by atoms with E-state index in [2.05, 4.69) is 29.4 Å². The summed E-state index contributed by atoms with van der Waals surface area (Å²) in [5.41, 5.74) is 0.658. The fraction of sp³-hybridized carbons (Fsp3) is 0.556. The quantitative estimate of drug-likeness (QED) is 0.721. The van der Waals surface area contributed by atoms with Crippen LogP contribution in [-0.4, -0.2) is 48.0 Å². The van der Waals surface area contributed by atoms with Crippen molar-refractivity contribution in [2.24, 2.45) is 11.8 Å². The summed E-state index contributed by atoms with van der Waals surface area (Å²) in [7, 11) is 0. The Bertz CT molecular complexity index is 593. The summed E-state index contributed by atoms with van der Waals surface area (Å²) in [6.07, 6.45) is 1.26. The maximum atomic E-state index is 12.3. The van der Waals surface area contributed by atoms with Crippen molar-refractivity contribution in [1.82, 2.24) is 10.2 Å². The number of rotatable bonds is 5. The van der Waals surface area contributed by atoms with E-state index in [1.165, 1.54) is 25.5 Å². The first-order valence-electron chi connectivity index (χ1n) is 8.46. The summed E-state index contributed by atoms with van der Waals surface area (Å²) >= 11 is 0. The predicted molar refractivity (Wildman–Crippen MR) is 94.1 cm³/mol. The number of carbonyl (C=O) groups is 2. The molecule has 0 aliphatic carbocycles. The van der Waals surface area contributed by atoms with Crippen LogP contribution in [0.15, 0.2) is 18.2 Å². The lowest BCUT2D eigenvalue weighted by atomic mass is 9.92. The summed E-state index contributed by atoms with van der Waals surface area (Å²) in [6.45, 7) is 9.36. The highest BCUT2D eigenvalue weighted by molar-refractivity contribution is 5.99. The van der Waals surface area contributed by atoms with Crippen LogP contribution in [0, 0.1) is 11.8 Å². The number of likely N-dealkylation sites (tertiary alicyclic amines) is 1. The number of amides is 2. The summed E-state index contributed by atoms with van der Waals surface area (Å²) in [5, 5.41) is 15.3. The minimum Gasteiger partial charge on any atom is -0.507 e. The third kappa shape index (κ3) is 5.23. The minimum atomic E-state index is -0.335. The molecule has 0 spiro atoms. The highest BCUT2D eigenvalue weighted by Gasteiger charge is 2.21. The molecule has 0 unspecified atom stereocenters. The van der Waals surface area contributed by atoms with E-state index in [4.69, 9.17) is 0 Å². The number of phenols is 1. The zero-order valence-corrected chi connectivity index (χ0v) is 14.6. The molecule has 1 saturated heterocycles. The number of hydrogen-bond acceptors (Lipinski definition) is 4. The number of piperidine rings is 1. The Morgan fingerprint density at radius 3 is 2.54 bits per heavy atom. The number of nitrogens with zero attached hydrogens (tertiary/aromatic N) is 1. The number of hydrogen-bond donors (Lipinski definition) is 3. The van der Waals surface area contributed by atoms with Gasteiger partial charge >= 0.3 is 0 Å². The largest absolute Gasteiger partial charge is 0.507 e. The number of benzene rings is 1. The van der Waals surface area contributed by atoms with Gasteiger partial charge in [-0.1, -0.05) is 13.8 Å². The monoisotopic (exact) mass is 333 g/mol. The SMILES string of the molecule is CC(=O)Nc1ccc(O)c(C(=O)NCCN2C[C@@H](C)C[C@H](C)C2)c1. The smallest absolute Gasteiger partial charge is 0.255 e. The molecule has 1 aliphatic heterocycles. The molecule has 6 heteroatoms. The summed E-state index contributed by atoms with van der Waals surface area (Å²) in [4.78, 5) is 25.7. The van der Waals surface area contributed by atoms with Crippen molar-refractivity contribution in [3.05, 3.63) is 23.8 Å². The van der Waals surface area contributed by atoms with Gasteiger partial charge in [0.05, 0.1) is 5.56 Å². The molecule has 0 aromatic heterocycles. The van der Waals surface area contributed by atoms with E-state index in [1.807, 2.05) is 0 Å². The van der Waals surface area contributed by atoms with Gasteiger partial charge in [0.15, 0.2) is 0 Å². The van der Waals surface area contributed by atoms with Gasteiger partial charge in [-0.05, 0) is 36.5 Å². The van der Waals surface area contributed by atoms with Crippen LogP contribution in [0.3, 0.4) is 0 Å². The van der Waals surface area contributed by atoms with Gasteiger partial charge in [0, 0.05) is 38.8 Å². The van der Waals surface area contributed by atoms with Gasteiger partial charge in [0.1, 0.15) is 5.75 Å². The van der Waals surface area contributed by atoms with E-state index < -0.39 is 0 Å². The molecule has 3 N–H and O–H groups in total. The van der Waals surface area contributed by atoms with Gasteiger partial charge in [-0.3, -0.25) is 9.59 Å². The lowest BCUT2D eigenvalue weighted by molar-refractivity contribution is -0.114. The molecule has 1 fully saturated rings. The van der Waals surface area contributed by atoms with E-state index in [-0.39, 0.29) is 23.1 Å². The first-order valence-corrected chi connectivity index (χ1v) is 8.46. The summed E-state index contributed by atoms with van der Waals surface area (Å²) in [6, 6.07) is 4.45. The van der Waals surface area contributed by atoms with Crippen molar-refractivity contribution >= 4 is 17.5 Å². The second-order valence-corrected chi connectivity index (χ2v) is 6.87. The third-order valence-corrected chi connectivity index (χ3v) is 4.22. The maximum absolute atomic E-state index is 12.3. The predicted octanol–water partition coefficient (Wildman–Crippen LogP) is 2.06. The molecule has 0 saturated carbocycles. The van der Waals surface area contributed by atoms with Gasteiger partial charge in [-0.15, -0.1) is 0 Å². The Kier molecular flexibility index (Phi) is 6.20. The van der Waals surface area contributed by atoms with E-state index in [9.17, 15) is 14.7 Å². The van der Waals surface area contributed by atoms with E-state index in [0.29, 0.717) is 24.1 Å². The van der Waals surface area contributed by atoms with E-state index >= 15 is 0 Å². The molecular weight excluding hydrogens is 306 g/mol. The summed E-state index contributed by atoms with van der Waals surface area (Å²) in [5.74, 6) is 0.714. The Morgan fingerprint density at radius 1 is 1.25 bits per heavy atom. The average molecular weight is 333 g/mol. The minimum absolute atomic E-state index is 0.0955. The van der Waals surface area contributed by atoms with Crippen molar-refractivity contribution in [2.75, 3.05) is 31.5 Å². The average Bonchev–Trinajstić information content (AvgIpc) is 2.47. The zero-order chi connectivity index (χ0) is 17.7. The molecule has 1 heterocycles. The van der Waals surface area contributed by atoms with Crippen LogP contribution in [-0.2, 0) is 4.79 Å². The van der Waals surface area contributed by atoms with Crippen molar-refractivity contribution in [1.29, 1.82) is 0 Å². The van der Waals surface area contributed by atoms with Crippen LogP contribution in [0.4, 0.5) is 5.69 Å². The number of phenolic OH excluding ortho intramolecular Hbond substituents is 1. The topological polar surface area (TPSA) is 81.7 Å². The molecule has 0 radical (unpaired) electrons. The molecule has 2 rings (SSSR count). The lowest BCUT2D eigenvalue weighted by Gasteiger charge is -2.34. The molecule has 2 amide bonds. The van der Waals surface area contributed by atoms with Crippen LogP contribution in [0.1, 0.15) is 37.6 Å². The van der Waals surface area contributed by atoms with Gasteiger partial charge in [-0.25, -0.2) is 0 Å². The van der Waals surface area contributed by atoms with Crippen LogP contribution in [0.2, 0.25) is 0 Å². The number of aromatic hydroxyl groups is 1. The van der Waals surface area contributed by atoms with Gasteiger partial charge in [-0.2, -0.15) is 0 Å². The van der Waals surface area contributed by atoms with Crippen molar-refractivity contribution < 1.29 is 14.7 Å². The Hall–Kier alpha value is -2.08. The first-order chi connectivity index (χ1) is 11.3. The Morgan fingerprint density at radius 2 is 1.92 bits per heavy atom. The normalized spacial score (nSPS) is 21.3. The molecule has 6 nitrogen and oxygen atoms in total. The fourth-order valence-corrected chi connectivity index (χ4v) is 3.40. The Labute approximate surface area is 143 Å². The molecule has 1 aromatic carbocycles.